The van der Waals surface area contributed by atoms with E-state index in [0.29, 0.717) is 15.6 Å². The molecule has 120 valence electrons. The number of hydrogen-bond donors (Lipinski definition) is 1. The number of thiophene rings is 1. The van der Waals surface area contributed by atoms with Crippen molar-refractivity contribution in [3.63, 3.8) is 0 Å². The van der Waals surface area contributed by atoms with Gasteiger partial charge in [0.15, 0.2) is 6.10 Å². The maximum absolute atomic E-state index is 11.8. The predicted molar refractivity (Wildman–Crippen MR) is 88.3 cm³/mol. The Labute approximate surface area is 140 Å². The van der Waals surface area contributed by atoms with Gasteiger partial charge in [-0.25, -0.2) is 5.43 Å². The molecule has 1 aromatic heterocycles. The lowest BCUT2D eigenvalue weighted by molar-refractivity contribution is -0.380. The van der Waals surface area contributed by atoms with Gasteiger partial charge >= 0.3 is 5.00 Å². The topological polar surface area (TPSA) is 93.8 Å². The van der Waals surface area contributed by atoms with E-state index in [1.807, 2.05) is 0 Å². The number of nitro groups is 1. The van der Waals surface area contributed by atoms with Gasteiger partial charge in [-0.1, -0.05) is 29.0 Å². The van der Waals surface area contributed by atoms with Gasteiger partial charge in [0.2, 0.25) is 0 Å². The van der Waals surface area contributed by atoms with E-state index >= 15 is 0 Å². The largest absolute Gasteiger partial charge is 0.481 e. The molecule has 1 N–H and O–H groups in total. The van der Waals surface area contributed by atoms with Crippen molar-refractivity contribution in [3.8, 4) is 5.75 Å². The smallest absolute Gasteiger partial charge is 0.324 e. The van der Waals surface area contributed by atoms with Crippen LogP contribution in [0, 0.1) is 10.1 Å². The molecule has 0 saturated heterocycles. The minimum Gasteiger partial charge on any atom is -0.481 e. The molecule has 0 bridgehead atoms. The van der Waals surface area contributed by atoms with Crippen molar-refractivity contribution < 1.29 is 14.5 Å². The molecule has 0 radical (unpaired) electrons. The Kier molecular flexibility index (Phi) is 5.67. The van der Waals surface area contributed by atoms with Gasteiger partial charge in [0.05, 0.1) is 16.0 Å². The first-order chi connectivity index (χ1) is 11.0. The van der Waals surface area contributed by atoms with Crippen molar-refractivity contribution in [1.82, 2.24) is 5.43 Å². The maximum Gasteiger partial charge on any atom is 0.324 e. The Hall–Kier alpha value is -2.45. The van der Waals surface area contributed by atoms with Crippen LogP contribution in [-0.2, 0) is 4.79 Å². The summed E-state index contributed by atoms with van der Waals surface area (Å²) in [7, 11) is 0. The van der Waals surface area contributed by atoms with Gasteiger partial charge in [-0.2, -0.15) is 5.10 Å². The maximum atomic E-state index is 11.8. The molecule has 1 atom stereocenters. The Morgan fingerprint density at radius 3 is 2.91 bits per heavy atom. The molecule has 2 rings (SSSR count). The Morgan fingerprint density at radius 2 is 2.26 bits per heavy atom. The average Bonchev–Trinajstić information content (AvgIpc) is 2.96. The SMILES string of the molecule is C[C@H](Oc1cccc(Cl)c1)C(=O)NN=Cc1ccc([N+](=O)[O-])s1. The standard InChI is InChI=1S/C14H12ClN3O4S/c1-9(22-11-4-2-3-10(15)7-11)14(19)17-16-8-12-5-6-13(23-12)18(20)21/h2-9H,1H3,(H,17,19)/t9-/m0/s1. The molecule has 0 aliphatic rings. The zero-order chi connectivity index (χ0) is 16.8. The number of amides is 1. The van der Waals surface area contributed by atoms with Crippen LogP contribution in [0.3, 0.4) is 0 Å². The van der Waals surface area contributed by atoms with Gasteiger partial charge in [0.25, 0.3) is 5.91 Å². The van der Waals surface area contributed by atoms with Crippen molar-refractivity contribution >= 4 is 40.1 Å². The molecule has 0 saturated carbocycles. The third-order valence-corrected chi connectivity index (χ3v) is 3.84. The lowest BCUT2D eigenvalue weighted by atomic mass is 10.3. The molecular weight excluding hydrogens is 342 g/mol. The number of nitrogens with zero attached hydrogens (tertiary/aromatic N) is 2. The van der Waals surface area contributed by atoms with E-state index in [0.717, 1.165) is 11.3 Å². The van der Waals surface area contributed by atoms with Crippen LogP contribution >= 0.6 is 22.9 Å². The first-order valence-electron chi connectivity index (χ1n) is 6.45. The van der Waals surface area contributed by atoms with Gasteiger partial charge in [-0.3, -0.25) is 14.9 Å². The van der Waals surface area contributed by atoms with Crippen LogP contribution in [0.4, 0.5) is 5.00 Å². The lowest BCUT2D eigenvalue weighted by Gasteiger charge is -2.12. The Morgan fingerprint density at radius 1 is 1.48 bits per heavy atom. The fourth-order valence-corrected chi connectivity index (χ4v) is 2.43. The third-order valence-electron chi connectivity index (χ3n) is 2.64. The summed E-state index contributed by atoms with van der Waals surface area (Å²) in [5, 5.41) is 14.8. The number of carbonyl (C=O) groups excluding carboxylic acids is 1. The number of ether oxygens (including phenoxy) is 1. The minimum atomic E-state index is -0.775. The number of rotatable bonds is 6. The predicted octanol–water partition coefficient (Wildman–Crippen LogP) is 3.23. The summed E-state index contributed by atoms with van der Waals surface area (Å²) < 4.78 is 5.44. The van der Waals surface area contributed by atoms with Crippen molar-refractivity contribution in [1.29, 1.82) is 0 Å². The molecule has 7 nitrogen and oxygen atoms in total. The van der Waals surface area contributed by atoms with Crippen molar-refractivity contribution in [2.75, 3.05) is 0 Å². The molecule has 0 aliphatic heterocycles. The average molecular weight is 354 g/mol. The molecule has 0 aliphatic carbocycles. The second-order valence-corrected chi connectivity index (χ2v) is 5.92. The van der Waals surface area contributed by atoms with Gasteiger partial charge < -0.3 is 4.74 Å². The molecular formula is C14H12ClN3O4S. The van der Waals surface area contributed by atoms with Crippen LogP contribution in [0.15, 0.2) is 41.5 Å². The highest BCUT2D eigenvalue weighted by atomic mass is 35.5. The normalized spacial score (nSPS) is 12.1. The number of hydrazone groups is 1. The second kappa shape index (κ2) is 7.70. The molecule has 23 heavy (non-hydrogen) atoms. The third kappa shape index (κ3) is 5.04. The van der Waals surface area contributed by atoms with E-state index in [9.17, 15) is 14.9 Å². The van der Waals surface area contributed by atoms with Crippen LogP contribution in [0.25, 0.3) is 0 Å². The number of halogens is 1. The van der Waals surface area contributed by atoms with Crippen LogP contribution in [0.1, 0.15) is 11.8 Å². The van der Waals surface area contributed by atoms with Gasteiger partial charge in [-0.05, 0) is 31.2 Å². The number of nitrogens with one attached hydrogen (secondary N) is 1. The summed E-state index contributed by atoms with van der Waals surface area (Å²) in [6, 6.07) is 9.61. The summed E-state index contributed by atoms with van der Waals surface area (Å²) in [5.41, 5.74) is 2.31. The molecule has 9 heteroatoms. The molecule has 1 aromatic carbocycles. The van der Waals surface area contributed by atoms with E-state index in [1.165, 1.54) is 12.3 Å². The van der Waals surface area contributed by atoms with Gasteiger partial charge in [-0.15, -0.1) is 0 Å². The summed E-state index contributed by atoms with van der Waals surface area (Å²) in [5.74, 6) is 0.0188. The first kappa shape index (κ1) is 16.9. The summed E-state index contributed by atoms with van der Waals surface area (Å²) in [4.78, 5) is 22.5. The second-order valence-electron chi connectivity index (χ2n) is 4.38. The van der Waals surface area contributed by atoms with Crippen molar-refractivity contribution in [2.24, 2.45) is 5.10 Å². The molecule has 1 heterocycles. The molecule has 0 unspecified atom stereocenters. The fourth-order valence-electron chi connectivity index (χ4n) is 1.56. The number of hydrogen-bond acceptors (Lipinski definition) is 6. The monoisotopic (exact) mass is 353 g/mol. The zero-order valence-electron chi connectivity index (χ0n) is 11.9. The van der Waals surface area contributed by atoms with Gasteiger partial charge in [0, 0.05) is 11.1 Å². The molecule has 1 amide bonds. The van der Waals surface area contributed by atoms with Crippen molar-refractivity contribution in [2.45, 2.75) is 13.0 Å². The van der Waals surface area contributed by atoms with Crippen molar-refractivity contribution in [3.05, 3.63) is 56.4 Å². The highest BCUT2D eigenvalue weighted by Gasteiger charge is 2.14. The highest BCUT2D eigenvalue weighted by Crippen LogP contribution is 2.22. The summed E-state index contributed by atoms with van der Waals surface area (Å²) in [6.45, 7) is 1.57. The zero-order valence-corrected chi connectivity index (χ0v) is 13.5. The van der Waals surface area contributed by atoms with E-state index < -0.39 is 16.9 Å². The van der Waals surface area contributed by atoms with Gasteiger partial charge in [0.1, 0.15) is 5.75 Å². The number of benzene rings is 1. The van der Waals surface area contributed by atoms with E-state index in [-0.39, 0.29) is 5.00 Å². The minimum absolute atomic E-state index is 0.00966. The van der Waals surface area contributed by atoms with Crippen LogP contribution in [-0.4, -0.2) is 23.1 Å². The van der Waals surface area contributed by atoms with Crippen LogP contribution in [0.2, 0.25) is 5.02 Å². The lowest BCUT2D eigenvalue weighted by Crippen LogP contribution is -2.33. The first-order valence-corrected chi connectivity index (χ1v) is 7.64. The van der Waals surface area contributed by atoms with E-state index in [1.54, 1.807) is 37.3 Å². The molecule has 0 spiro atoms. The highest BCUT2D eigenvalue weighted by molar-refractivity contribution is 7.16. The summed E-state index contributed by atoms with van der Waals surface area (Å²) >= 11 is 6.79. The van der Waals surface area contributed by atoms with E-state index in [2.05, 4.69) is 10.5 Å². The van der Waals surface area contributed by atoms with Crippen LogP contribution < -0.4 is 10.2 Å². The molecule has 2 aromatic rings. The fraction of sp³-hybridized carbons (Fsp3) is 0.143. The van der Waals surface area contributed by atoms with Crippen LogP contribution in [0.5, 0.6) is 5.75 Å². The summed E-state index contributed by atoms with van der Waals surface area (Å²) in [6.07, 6.45) is 0.560. The Balaban J connectivity index is 1.88. The quantitative estimate of drug-likeness (QED) is 0.490. The van der Waals surface area contributed by atoms with E-state index in [4.69, 9.17) is 16.3 Å². The Bertz CT molecular complexity index is 747. The molecule has 0 fully saturated rings. The number of carbonyl (C=O) groups is 1.